The quantitative estimate of drug-likeness (QED) is 0.288. The second kappa shape index (κ2) is 8.57. The van der Waals surface area contributed by atoms with Gasteiger partial charge < -0.3 is 0 Å². The molecule has 6 rings (SSSR count). The maximum Gasteiger partial charge on any atom is 0.0754 e. The van der Waals surface area contributed by atoms with Crippen LogP contribution in [-0.4, -0.2) is 19.1 Å². The van der Waals surface area contributed by atoms with E-state index < -0.39 is 8.41 Å². The maximum atomic E-state index is 5.22. The third kappa shape index (κ3) is 3.79. The lowest BCUT2D eigenvalue weighted by Gasteiger charge is -2.10. The van der Waals surface area contributed by atoms with Gasteiger partial charge in [-0.2, -0.15) is 0 Å². The van der Waals surface area contributed by atoms with Gasteiger partial charge in [0, 0.05) is 10.9 Å². The Hall–Kier alpha value is -3.88. The summed E-state index contributed by atoms with van der Waals surface area (Å²) in [5.41, 5.74) is 10.2. The molecule has 0 saturated carbocycles. The van der Waals surface area contributed by atoms with Crippen molar-refractivity contribution in [3.63, 3.8) is 0 Å². The molecule has 0 fully saturated rings. The standard InChI is InChI=1S/C31H23NSi/c1-3-11-24(12-4-1)28-21-33(22-29(28)25-13-5-2-6-14-25)31-20-10-19-30(32-31)27-18-9-16-23-15-7-8-17-26(23)27/h1-21H,22H2. The molecule has 0 spiro atoms. The Kier molecular flexibility index (Phi) is 5.14. The molecule has 2 heteroatoms. The Morgan fingerprint density at radius 1 is 0.576 bits per heavy atom. The molecule has 1 nitrogen and oxygen atoms in total. The van der Waals surface area contributed by atoms with Crippen molar-refractivity contribution in [2.75, 3.05) is 0 Å². The van der Waals surface area contributed by atoms with Gasteiger partial charge in [-0.15, -0.1) is 0 Å². The third-order valence-corrected chi connectivity index (χ3v) is 8.67. The van der Waals surface area contributed by atoms with Crippen molar-refractivity contribution < 1.29 is 0 Å². The lowest BCUT2D eigenvalue weighted by atomic mass is 9.97. The first kappa shape index (κ1) is 19.8. The van der Waals surface area contributed by atoms with Crippen molar-refractivity contribution in [3.8, 4) is 11.3 Å². The minimum atomic E-state index is -0.972. The number of pyridine rings is 1. The van der Waals surface area contributed by atoms with Crippen LogP contribution in [0.5, 0.6) is 0 Å². The number of benzene rings is 4. The van der Waals surface area contributed by atoms with E-state index in [0.717, 1.165) is 11.7 Å². The van der Waals surface area contributed by atoms with Crippen LogP contribution in [-0.2, 0) is 0 Å². The van der Waals surface area contributed by atoms with Crippen molar-refractivity contribution in [3.05, 3.63) is 132 Å². The first-order valence-corrected chi connectivity index (χ1v) is 13.2. The van der Waals surface area contributed by atoms with E-state index in [9.17, 15) is 0 Å². The molecule has 0 radical (unpaired) electrons. The number of hydrogen-bond donors (Lipinski definition) is 0. The van der Waals surface area contributed by atoms with Crippen molar-refractivity contribution >= 4 is 41.3 Å². The smallest absolute Gasteiger partial charge is 0.0754 e. The van der Waals surface area contributed by atoms with Gasteiger partial charge in [0.05, 0.1) is 14.1 Å². The number of aromatic nitrogens is 1. The monoisotopic (exact) mass is 437 g/mol. The molecule has 0 amide bonds. The molecule has 0 bridgehead atoms. The van der Waals surface area contributed by atoms with Crippen LogP contribution in [0.4, 0.5) is 0 Å². The van der Waals surface area contributed by atoms with Gasteiger partial charge in [-0.25, -0.2) is 0 Å². The van der Waals surface area contributed by atoms with Crippen LogP contribution < -0.4 is 5.32 Å². The van der Waals surface area contributed by atoms with Crippen molar-refractivity contribution in [2.24, 2.45) is 0 Å². The summed E-state index contributed by atoms with van der Waals surface area (Å²) in [4.78, 5) is 5.22. The summed E-state index contributed by atoms with van der Waals surface area (Å²) in [7, 11) is -0.972. The Morgan fingerprint density at radius 3 is 2.06 bits per heavy atom. The number of fused-ring (bicyclic) bond motifs is 1. The van der Waals surface area contributed by atoms with Gasteiger partial charge >= 0.3 is 0 Å². The van der Waals surface area contributed by atoms with E-state index in [1.807, 2.05) is 0 Å². The molecular weight excluding hydrogens is 414 g/mol. The van der Waals surface area contributed by atoms with Crippen LogP contribution in [0.3, 0.4) is 0 Å². The van der Waals surface area contributed by atoms with Crippen LogP contribution in [0.25, 0.3) is 33.2 Å². The van der Waals surface area contributed by atoms with Crippen molar-refractivity contribution in [1.29, 1.82) is 0 Å². The zero-order valence-corrected chi connectivity index (χ0v) is 19.3. The number of nitrogens with zero attached hydrogens (tertiary/aromatic N) is 1. The summed E-state index contributed by atoms with van der Waals surface area (Å²) in [6, 6.07) is 44.3. The first-order valence-electron chi connectivity index (χ1n) is 11.4. The van der Waals surface area contributed by atoms with E-state index in [2.05, 4.69) is 127 Å². The molecule has 0 N–H and O–H groups in total. The fourth-order valence-electron chi connectivity index (χ4n) is 4.75. The highest BCUT2D eigenvalue weighted by Crippen LogP contribution is 2.33. The Bertz CT molecular complexity index is 1510. The van der Waals surface area contributed by atoms with Crippen LogP contribution in [0.2, 0.25) is 6.04 Å². The highest BCUT2D eigenvalue weighted by Gasteiger charge is 2.21. The lowest BCUT2D eigenvalue weighted by molar-refractivity contribution is 1.38. The van der Waals surface area contributed by atoms with Gasteiger partial charge in [-0.3, -0.25) is 4.98 Å². The number of hydrogen-bond acceptors (Lipinski definition) is 1. The molecule has 4 aromatic carbocycles. The van der Waals surface area contributed by atoms with E-state index in [1.54, 1.807) is 0 Å². The molecule has 0 unspecified atom stereocenters. The summed E-state index contributed by atoms with van der Waals surface area (Å²) in [6.45, 7) is 0. The van der Waals surface area contributed by atoms with Gasteiger partial charge in [0.15, 0.2) is 0 Å². The Morgan fingerprint density at radius 2 is 1.24 bits per heavy atom. The maximum absolute atomic E-state index is 5.22. The van der Waals surface area contributed by atoms with Gasteiger partial charge in [0.2, 0.25) is 0 Å². The molecule has 156 valence electrons. The zero-order valence-electron chi connectivity index (χ0n) is 18.3. The van der Waals surface area contributed by atoms with E-state index in [1.165, 1.54) is 43.9 Å². The molecule has 33 heavy (non-hydrogen) atoms. The molecule has 2 heterocycles. The minimum Gasteiger partial charge on any atom is -0.254 e. The summed E-state index contributed by atoms with van der Waals surface area (Å²) in [5.74, 6) is 0. The Balaban J connectivity index is 1.44. The van der Waals surface area contributed by atoms with E-state index >= 15 is 0 Å². The molecular formula is C31H23NSi. The summed E-state index contributed by atoms with van der Waals surface area (Å²) in [6.07, 6.45) is 0. The third-order valence-electron chi connectivity index (χ3n) is 6.36. The molecule has 1 aliphatic heterocycles. The fraction of sp³-hybridized carbons (Fsp3) is 0.0323. The molecule has 0 saturated heterocycles. The number of rotatable bonds is 4. The average molecular weight is 438 g/mol. The van der Waals surface area contributed by atoms with Gasteiger partial charge in [-0.05, 0) is 51.2 Å². The van der Waals surface area contributed by atoms with Gasteiger partial charge in [-0.1, -0.05) is 115 Å². The zero-order chi connectivity index (χ0) is 22.0. The fourth-order valence-corrected chi connectivity index (χ4v) is 7.22. The van der Waals surface area contributed by atoms with Gasteiger partial charge in [0.1, 0.15) is 0 Å². The van der Waals surface area contributed by atoms with Crippen molar-refractivity contribution in [2.45, 2.75) is 6.04 Å². The van der Waals surface area contributed by atoms with Crippen LogP contribution in [0, 0.1) is 0 Å². The van der Waals surface area contributed by atoms with E-state index in [0.29, 0.717) is 0 Å². The molecule has 1 aliphatic rings. The summed E-state index contributed by atoms with van der Waals surface area (Å²) < 4.78 is 0. The normalized spacial score (nSPS) is 13.4. The highest BCUT2D eigenvalue weighted by molar-refractivity contribution is 6.86. The predicted octanol–water partition coefficient (Wildman–Crippen LogP) is 6.61. The minimum absolute atomic E-state index is 0.972. The van der Waals surface area contributed by atoms with E-state index in [-0.39, 0.29) is 0 Å². The second-order valence-corrected chi connectivity index (χ2v) is 10.6. The molecule has 1 aromatic heterocycles. The van der Waals surface area contributed by atoms with E-state index in [4.69, 9.17) is 4.98 Å². The largest absolute Gasteiger partial charge is 0.254 e. The SMILES string of the molecule is C1=[Si](c2cccc(-c3cccc4ccccc34)n2)CC(c2ccccc2)=C1c1ccccc1. The molecule has 5 aromatic rings. The number of allylic oxidation sites excluding steroid dienone is 2. The molecule has 0 aliphatic carbocycles. The average Bonchev–Trinajstić information content (AvgIpc) is 3.35. The van der Waals surface area contributed by atoms with Gasteiger partial charge in [0.25, 0.3) is 0 Å². The van der Waals surface area contributed by atoms with Crippen LogP contribution >= 0.6 is 0 Å². The predicted molar refractivity (Wildman–Crippen MR) is 143 cm³/mol. The summed E-state index contributed by atoms with van der Waals surface area (Å²) in [5, 5.41) is 3.73. The first-order chi connectivity index (χ1) is 16.4. The van der Waals surface area contributed by atoms with Crippen LogP contribution in [0.15, 0.2) is 121 Å². The Labute approximate surface area is 195 Å². The van der Waals surface area contributed by atoms with Crippen molar-refractivity contribution in [1.82, 2.24) is 4.98 Å². The van der Waals surface area contributed by atoms with Crippen LogP contribution in [0.1, 0.15) is 11.1 Å². The molecule has 0 atom stereocenters. The summed E-state index contributed by atoms with van der Waals surface area (Å²) >= 11 is 0. The lowest BCUT2D eigenvalue weighted by Crippen LogP contribution is -2.25. The topological polar surface area (TPSA) is 12.9 Å². The highest BCUT2D eigenvalue weighted by atomic mass is 28.2. The second-order valence-electron chi connectivity index (χ2n) is 8.41.